The fraction of sp³-hybridized carbons (Fsp3) is 0.889. The van der Waals surface area contributed by atoms with Crippen molar-refractivity contribution in [2.75, 3.05) is 27.3 Å². The van der Waals surface area contributed by atoms with E-state index >= 15 is 0 Å². The molecule has 0 N–H and O–H groups in total. The van der Waals surface area contributed by atoms with Crippen molar-refractivity contribution in [1.29, 1.82) is 0 Å². The van der Waals surface area contributed by atoms with Crippen LogP contribution in [0.25, 0.3) is 0 Å². The van der Waals surface area contributed by atoms with Crippen molar-refractivity contribution in [2.24, 2.45) is 0 Å². The van der Waals surface area contributed by atoms with Crippen molar-refractivity contribution < 1.29 is 9.53 Å². The monoisotopic (exact) mass is 173 g/mol. The summed E-state index contributed by atoms with van der Waals surface area (Å²) >= 11 is 0. The van der Waals surface area contributed by atoms with E-state index in [0.29, 0.717) is 0 Å². The second-order valence-electron chi connectivity index (χ2n) is 2.99. The largest absolute Gasteiger partial charge is 0.385 e. The van der Waals surface area contributed by atoms with Crippen LogP contribution in [0.3, 0.4) is 0 Å². The van der Waals surface area contributed by atoms with Crippen LogP contribution in [0, 0.1) is 0 Å². The first-order chi connectivity index (χ1) is 5.68. The highest BCUT2D eigenvalue weighted by atomic mass is 16.5. The van der Waals surface area contributed by atoms with E-state index < -0.39 is 0 Å². The fourth-order valence-electron chi connectivity index (χ4n) is 0.930. The molecule has 0 aromatic rings. The molecular formula is C9H19NO2. The highest BCUT2D eigenvalue weighted by Crippen LogP contribution is 1.97. The molecule has 0 radical (unpaired) electrons. The first kappa shape index (κ1) is 11.4. The third-order valence-corrected chi connectivity index (χ3v) is 1.88. The summed E-state index contributed by atoms with van der Waals surface area (Å²) in [5.74, 6) is 0.141. The minimum absolute atomic E-state index is 0.141. The van der Waals surface area contributed by atoms with Crippen LogP contribution in [0.2, 0.25) is 0 Å². The SMILES string of the molecule is COCCCCCN(C)C(C)=O. The van der Waals surface area contributed by atoms with Crippen molar-refractivity contribution >= 4 is 5.91 Å². The van der Waals surface area contributed by atoms with Gasteiger partial charge in [0.1, 0.15) is 0 Å². The van der Waals surface area contributed by atoms with E-state index in [2.05, 4.69) is 0 Å². The Morgan fingerprint density at radius 3 is 2.50 bits per heavy atom. The van der Waals surface area contributed by atoms with Crippen molar-refractivity contribution in [3.8, 4) is 0 Å². The van der Waals surface area contributed by atoms with Gasteiger partial charge in [-0.1, -0.05) is 0 Å². The quantitative estimate of drug-likeness (QED) is 0.566. The van der Waals surface area contributed by atoms with Gasteiger partial charge in [0.25, 0.3) is 0 Å². The molecule has 0 unspecified atom stereocenters. The average Bonchev–Trinajstić information content (AvgIpc) is 2.03. The van der Waals surface area contributed by atoms with E-state index in [4.69, 9.17) is 4.74 Å². The van der Waals surface area contributed by atoms with Crippen molar-refractivity contribution in [3.05, 3.63) is 0 Å². The normalized spacial score (nSPS) is 9.92. The minimum atomic E-state index is 0.141. The van der Waals surface area contributed by atoms with E-state index in [9.17, 15) is 4.79 Å². The number of hydrogen-bond donors (Lipinski definition) is 0. The van der Waals surface area contributed by atoms with E-state index in [1.54, 1.807) is 18.9 Å². The maximum absolute atomic E-state index is 10.8. The number of amides is 1. The van der Waals surface area contributed by atoms with Crippen LogP contribution in [0.5, 0.6) is 0 Å². The summed E-state index contributed by atoms with van der Waals surface area (Å²) < 4.78 is 4.92. The molecule has 0 aliphatic carbocycles. The van der Waals surface area contributed by atoms with Gasteiger partial charge in [-0.2, -0.15) is 0 Å². The molecule has 0 aromatic heterocycles. The molecule has 0 atom stereocenters. The van der Waals surface area contributed by atoms with Crippen LogP contribution in [-0.2, 0) is 9.53 Å². The van der Waals surface area contributed by atoms with Gasteiger partial charge in [-0.05, 0) is 19.3 Å². The molecular weight excluding hydrogens is 154 g/mol. The Labute approximate surface area is 74.7 Å². The van der Waals surface area contributed by atoms with Crippen LogP contribution in [0.1, 0.15) is 26.2 Å². The number of unbranched alkanes of at least 4 members (excludes halogenated alkanes) is 2. The second kappa shape index (κ2) is 7.10. The van der Waals surface area contributed by atoms with Gasteiger partial charge in [-0.3, -0.25) is 4.79 Å². The summed E-state index contributed by atoms with van der Waals surface area (Å²) in [5, 5.41) is 0. The van der Waals surface area contributed by atoms with Gasteiger partial charge in [0.2, 0.25) is 5.91 Å². The lowest BCUT2D eigenvalue weighted by atomic mass is 10.2. The Hall–Kier alpha value is -0.570. The van der Waals surface area contributed by atoms with Gasteiger partial charge in [0.15, 0.2) is 0 Å². The summed E-state index contributed by atoms with van der Waals surface area (Å²) in [6, 6.07) is 0. The number of rotatable bonds is 6. The maximum atomic E-state index is 10.8. The van der Waals surface area contributed by atoms with E-state index in [0.717, 1.165) is 32.4 Å². The number of carbonyl (C=O) groups is 1. The van der Waals surface area contributed by atoms with Gasteiger partial charge in [-0.15, -0.1) is 0 Å². The van der Waals surface area contributed by atoms with Gasteiger partial charge in [-0.25, -0.2) is 0 Å². The fourth-order valence-corrected chi connectivity index (χ4v) is 0.930. The Morgan fingerprint density at radius 1 is 1.33 bits per heavy atom. The maximum Gasteiger partial charge on any atom is 0.219 e. The Balaban J connectivity index is 3.14. The second-order valence-corrected chi connectivity index (χ2v) is 2.99. The Kier molecular flexibility index (Phi) is 6.76. The van der Waals surface area contributed by atoms with E-state index in [-0.39, 0.29) is 5.91 Å². The first-order valence-corrected chi connectivity index (χ1v) is 4.39. The topological polar surface area (TPSA) is 29.5 Å². The van der Waals surface area contributed by atoms with E-state index in [1.165, 1.54) is 0 Å². The zero-order valence-electron chi connectivity index (χ0n) is 8.30. The Morgan fingerprint density at radius 2 is 2.00 bits per heavy atom. The molecule has 12 heavy (non-hydrogen) atoms. The molecule has 0 saturated heterocycles. The molecule has 3 nitrogen and oxygen atoms in total. The summed E-state index contributed by atoms with van der Waals surface area (Å²) in [4.78, 5) is 12.5. The van der Waals surface area contributed by atoms with Crippen molar-refractivity contribution in [2.45, 2.75) is 26.2 Å². The van der Waals surface area contributed by atoms with Crippen LogP contribution in [0.15, 0.2) is 0 Å². The average molecular weight is 173 g/mol. The molecule has 0 heterocycles. The molecule has 0 saturated carbocycles. The molecule has 0 aromatic carbocycles. The smallest absolute Gasteiger partial charge is 0.219 e. The summed E-state index contributed by atoms with van der Waals surface area (Å²) in [6.07, 6.45) is 3.28. The van der Waals surface area contributed by atoms with Gasteiger partial charge in [0.05, 0.1) is 0 Å². The molecule has 0 bridgehead atoms. The van der Waals surface area contributed by atoms with E-state index in [1.807, 2.05) is 7.05 Å². The minimum Gasteiger partial charge on any atom is -0.385 e. The van der Waals surface area contributed by atoms with Crippen molar-refractivity contribution in [1.82, 2.24) is 4.90 Å². The number of nitrogens with zero attached hydrogens (tertiary/aromatic N) is 1. The zero-order valence-corrected chi connectivity index (χ0v) is 8.30. The van der Waals surface area contributed by atoms with Crippen LogP contribution < -0.4 is 0 Å². The molecule has 0 rings (SSSR count). The highest BCUT2D eigenvalue weighted by molar-refractivity contribution is 5.72. The number of carbonyl (C=O) groups excluding carboxylic acids is 1. The summed E-state index contributed by atoms with van der Waals surface area (Å²) in [6.45, 7) is 3.28. The summed E-state index contributed by atoms with van der Waals surface area (Å²) in [7, 11) is 3.54. The lowest BCUT2D eigenvalue weighted by Gasteiger charge is -2.13. The molecule has 0 spiro atoms. The predicted octanol–water partition coefficient (Wildman–Crippen LogP) is 1.28. The third-order valence-electron chi connectivity index (χ3n) is 1.88. The van der Waals surface area contributed by atoms with Crippen LogP contribution in [0.4, 0.5) is 0 Å². The number of hydrogen-bond acceptors (Lipinski definition) is 2. The predicted molar refractivity (Wildman–Crippen MR) is 49.0 cm³/mol. The molecule has 0 aliphatic rings. The third kappa shape index (κ3) is 6.16. The number of methoxy groups -OCH3 is 1. The lowest BCUT2D eigenvalue weighted by molar-refractivity contribution is -0.127. The lowest BCUT2D eigenvalue weighted by Crippen LogP contribution is -2.24. The molecule has 0 aliphatic heterocycles. The molecule has 3 heteroatoms. The molecule has 0 fully saturated rings. The standard InChI is InChI=1S/C9H19NO2/c1-9(11)10(2)7-5-4-6-8-12-3/h4-8H2,1-3H3. The summed E-state index contributed by atoms with van der Waals surface area (Å²) in [5.41, 5.74) is 0. The van der Waals surface area contributed by atoms with Gasteiger partial charge in [0, 0.05) is 34.2 Å². The number of ether oxygens (including phenoxy) is 1. The van der Waals surface area contributed by atoms with Gasteiger partial charge < -0.3 is 9.64 Å². The first-order valence-electron chi connectivity index (χ1n) is 4.39. The molecule has 72 valence electrons. The van der Waals surface area contributed by atoms with Crippen LogP contribution in [-0.4, -0.2) is 38.1 Å². The highest BCUT2D eigenvalue weighted by Gasteiger charge is 1.99. The Bertz CT molecular complexity index is 126. The van der Waals surface area contributed by atoms with Crippen LogP contribution >= 0.6 is 0 Å². The van der Waals surface area contributed by atoms with Gasteiger partial charge >= 0.3 is 0 Å². The zero-order chi connectivity index (χ0) is 9.40. The molecule has 1 amide bonds. The van der Waals surface area contributed by atoms with Crippen molar-refractivity contribution in [3.63, 3.8) is 0 Å².